The number of aromatic nitrogens is 1. The molecule has 0 radical (unpaired) electrons. The van der Waals surface area contributed by atoms with E-state index >= 15 is 0 Å². The van der Waals surface area contributed by atoms with Gasteiger partial charge >= 0.3 is 6.03 Å². The number of piperidine rings is 1. The first-order chi connectivity index (χ1) is 16.0. The number of urea groups is 1. The van der Waals surface area contributed by atoms with Crippen LogP contribution in [0, 0.1) is 5.82 Å². The van der Waals surface area contributed by atoms with Crippen LogP contribution >= 0.6 is 0 Å². The highest BCUT2D eigenvalue weighted by molar-refractivity contribution is 5.90. The molecule has 0 aliphatic carbocycles. The van der Waals surface area contributed by atoms with Gasteiger partial charge in [0.2, 0.25) is 0 Å². The number of methoxy groups -OCH3 is 1. The molecular weight excluding hydrogens is 423 g/mol. The Balaban J connectivity index is 1.45. The quantitative estimate of drug-likeness (QED) is 0.568. The summed E-state index contributed by atoms with van der Waals surface area (Å²) in [6.45, 7) is 1.89. The number of aliphatic hydroxyl groups excluding tert-OH is 1. The first-order valence-electron chi connectivity index (χ1n) is 11.3. The van der Waals surface area contributed by atoms with Gasteiger partial charge in [-0.2, -0.15) is 0 Å². The molecule has 2 aliphatic rings. The Labute approximate surface area is 192 Å². The average molecular weight is 453 g/mol. The molecule has 5 rings (SSSR count). The van der Waals surface area contributed by atoms with E-state index in [1.165, 1.54) is 11.6 Å². The van der Waals surface area contributed by atoms with Crippen LogP contribution in [0.5, 0.6) is 5.75 Å². The van der Waals surface area contributed by atoms with Crippen molar-refractivity contribution in [1.29, 1.82) is 0 Å². The van der Waals surface area contributed by atoms with Crippen molar-refractivity contribution >= 4 is 22.6 Å². The maximum Gasteiger partial charge on any atom is 0.321 e. The van der Waals surface area contributed by atoms with Crippen LogP contribution < -0.4 is 15.4 Å². The summed E-state index contributed by atoms with van der Waals surface area (Å²) in [5.74, 6) is 0.351. The van der Waals surface area contributed by atoms with Crippen LogP contribution in [0.2, 0.25) is 0 Å². The number of rotatable bonds is 3. The summed E-state index contributed by atoms with van der Waals surface area (Å²) in [6, 6.07) is 11.9. The van der Waals surface area contributed by atoms with Gasteiger partial charge in [-0.1, -0.05) is 12.1 Å². The number of fused-ring (bicyclic) bond motifs is 4. The predicted octanol–water partition coefficient (Wildman–Crippen LogP) is 3.53. The van der Waals surface area contributed by atoms with E-state index in [9.17, 15) is 14.3 Å². The summed E-state index contributed by atoms with van der Waals surface area (Å²) in [5.41, 5.74) is 3.47. The SMILES string of the molecule is COc1ccc2c3c(n(C)c2c1)[C@@H](CO)NCC31CCN(C(=O)Nc2ccccc2F)CC1. The fourth-order valence-corrected chi connectivity index (χ4v) is 5.50. The molecule has 0 unspecified atom stereocenters. The number of carbonyl (C=O) groups excluding carboxylic acids is 1. The van der Waals surface area contributed by atoms with Gasteiger partial charge in [-0.3, -0.25) is 0 Å². The number of benzene rings is 2. The zero-order valence-electron chi connectivity index (χ0n) is 18.9. The van der Waals surface area contributed by atoms with Crippen molar-refractivity contribution in [1.82, 2.24) is 14.8 Å². The van der Waals surface area contributed by atoms with Crippen molar-refractivity contribution in [2.45, 2.75) is 24.3 Å². The number of hydrogen-bond donors (Lipinski definition) is 3. The number of nitrogens with zero attached hydrogens (tertiary/aromatic N) is 2. The lowest BCUT2D eigenvalue weighted by molar-refractivity contribution is 0.148. The number of amides is 2. The minimum absolute atomic E-state index is 0.0154. The number of ether oxygens (including phenoxy) is 1. The molecule has 8 heteroatoms. The molecule has 3 aromatic rings. The second kappa shape index (κ2) is 8.35. The summed E-state index contributed by atoms with van der Waals surface area (Å²) in [5, 5.41) is 17.5. The van der Waals surface area contributed by atoms with E-state index in [1.54, 1.807) is 30.2 Å². The van der Waals surface area contributed by atoms with Crippen molar-refractivity contribution in [2.24, 2.45) is 7.05 Å². The zero-order chi connectivity index (χ0) is 23.2. The third-order valence-electron chi connectivity index (χ3n) is 7.31. The fourth-order valence-electron chi connectivity index (χ4n) is 5.50. The number of aliphatic hydroxyl groups is 1. The molecule has 1 spiro atoms. The smallest absolute Gasteiger partial charge is 0.321 e. The van der Waals surface area contributed by atoms with Crippen LogP contribution in [0.25, 0.3) is 10.9 Å². The molecule has 0 saturated carbocycles. The second-order valence-corrected chi connectivity index (χ2v) is 9.00. The molecule has 1 fully saturated rings. The van der Waals surface area contributed by atoms with Crippen LogP contribution in [0.3, 0.4) is 0 Å². The molecule has 2 aliphatic heterocycles. The standard InChI is InChI=1S/C25H29FN4O3/c1-29-21-13-16(33-2)7-8-17(21)22-23(29)20(14-31)27-15-25(22)9-11-30(12-10-25)24(32)28-19-6-4-3-5-18(19)26/h3-8,13,20,27,31H,9-12,14-15H2,1-2H3,(H,28,32)/t20-/m1/s1. The number of aryl methyl sites for hydroxylation is 1. The Morgan fingerprint density at radius 2 is 2.03 bits per heavy atom. The fraction of sp³-hybridized carbons (Fsp3) is 0.400. The lowest BCUT2D eigenvalue weighted by Crippen LogP contribution is -2.54. The lowest BCUT2D eigenvalue weighted by atomic mass is 9.69. The Kier molecular flexibility index (Phi) is 5.50. The molecule has 2 amide bonds. The molecule has 7 nitrogen and oxygen atoms in total. The average Bonchev–Trinajstić information content (AvgIpc) is 3.14. The number of halogens is 1. The van der Waals surface area contributed by atoms with Gasteiger partial charge < -0.3 is 29.9 Å². The Morgan fingerprint density at radius 1 is 1.27 bits per heavy atom. The number of hydrogen-bond acceptors (Lipinski definition) is 4. The van der Waals surface area contributed by atoms with Gasteiger partial charge in [0.05, 0.1) is 31.0 Å². The van der Waals surface area contributed by atoms with Gasteiger partial charge in [0.25, 0.3) is 0 Å². The van der Waals surface area contributed by atoms with Gasteiger partial charge in [-0.05, 0) is 42.7 Å². The first kappa shape index (κ1) is 21.7. The van der Waals surface area contributed by atoms with E-state index in [0.717, 1.165) is 41.7 Å². The molecule has 1 atom stereocenters. The highest BCUT2D eigenvalue weighted by Gasteiger charge is 2.45. The largest absolute Gasteiger partial charge is 0.497 e. The van der Waals surface area contributed by atoms with Crippen molar-refractivity contribution in [3.8, 4) is 5.75 Å². The summed E-state index contributed by atoms with van der Waals surface area (Å²) >= 11 is 0. The van der Waals surface area contributed by atoms with Crippen LogP contribution in [0.1, 0.15) is 30.1 Å². The number of nitrogens with one attached hydrogen (secondary N) is 2. The minimum atomic E-state index is -0.443. The van der Waals surface area contributed by atoms with E-state index in [0.29, 0.717) is 13.1 Å². The maximum atomic E-state index is 14.0. The number of likely N-dealkylation sites (tertiary alicyclic amines) is 1. The zero-order valence-corrected chi connectivity index (χ0v) is 18.9. The molecule has 0 bridgehead atoms. The summed E-state index contributed by atoms with van der Waals surface area (Å²) in [6.07, 6.45) is 1.56. The van der Waals surface area contributed by atoms with Gasteiger partial charge in [0, 0.05) is 49.2 Å². The Hall–Kier alpha value is -3.10. The van der Waals surface area contributed by atoms with Crippen molar-refractivity contribution in [3.05, 3.63) is 59.5 Å². The number of carbonyl (C=O) groups is 1. The summed E-state index contributed by atoms with van der Waals surface area (Å²) in [4.78, 5) is 14.6. The Morgan fingerprint density at radius 3 is 2.73 bits per heavy atom. The topological polar surface area (TPSA) is 78.8 Å². The summed E-state index contributed by atoms with van der Waals surface area (Å²) < 4.78 is 21.6. The van der Waals surface area contributed by atoms with E-state index in [4.69, 9.17) is 4.74 Å². The number of para-hydroxylation sites is 1. The van der Waals surface area contributed by atoms with E-state index in [-0.39, 0.29) is 29.8 Å². The van der Waals surface area contributed by atoms with Crippen molar-refractivity contribution in [2.75, 3.05) is 38.7 Å². The van der Waals surface area contributed by atoms with Crippen LogP contribution in [-0.2, 0) is 12.5 Å². The lowest BCUT2D eigenvalue weighted by Gasteiger charge is -2.46. The second-order valence-electron chi connectivity index (χ2n) is 9.00. The van der Waals surface area contributed by atoms with Crippen molar-refractivity contribution in [3.63, 3.8) is 0 Å². The molecular formula is C25H29FN4O3. The normalized spacial score (nSPS) is 19.5. The van der Waals surface area contributed by atoms with E-state index < -0.39 is 5.82 Å². The molecule has 1 aromatic heterocycles. The van der Waals surface area contributed by atoms with Gasteiger partial charge in [-0.15, -0.1) is 0 Å². The van der Waals surface area contributed by atoms with Crippen LogP contribution in [0.4, 0.5) is 14.9 Å². The molecule has 174 valence electrons. The minimum Gasteiger partial charge on any atom is -0.497 e. The Bertz CT molecular complexity index is 1200. The maximum absolute atomic E-state index is 14.0. The molecule has 33 heavy (non-hydrogen) atoms. The van der Waals surface area contributed by atoms with Crippen LogP contribution in [-0.4, -0.2) is 54.0 Å². The van der Waals surface area contributed by atoms with Crippen LogP contribution in [0.15, 0.2) is 42.5 Å². The molecule has 3 N–H and O–H groups in total. The van der Waals surface area contributed by atoms with Gasteiger partial charge in [-0.25, -0.2) is 9.18 Å². The van der Waals surface area contributed by atoms with Crippen molar-refractivity contribution < 1.29 is 19.0 Å². The van der Waals surface area contributed by atoms with Gasteiger partial charge in [0.1, 0.15) is 11.6 Å². The van der Waals surface area contributed by atoms with E-state index in [2.05, 4.69) is 21.3 Å². The molecule has 3 heterocycles. The third-order valence-corrected chi connectivity index (χ3v) is 7.31. The molecule has 2 aromatic carbocycles. The monoisotopic (exact) mass is 452 g/mol. The van der Waals surface area contributed by atoms with Gasteiger partial charge in [0.15, 0.2) is 0 Å². The highest BCUT2D eigenvalue weighted by atomic mass is 19.1. The highest BCUT2D eigenvalue weighted by Crippen LogP contribution is 2.47. The predicted molar refractivity (Wildman–Crippen MR) is 125 cm³/mol. The first-order valence-corrected chi connectivity index (χ1v) is 11.3. The summed E-state index contributed by atoms with van der Waals surface area (Å²) in [7, 11) is 3.69. The van der Waals surface area contributed by atoms with E-state index in [1.807, 2.05) is 19.2 Å². The number of anilines is 1. The molecule has 1 saturated heterocycles. The third kappa shape index (κ3) is 3.54.